The van der Waals surface area contributed by atoms with Crippen LogP contribution in [0.3, 0.4) is 0 Å². The molecule has 178 valence electrons. The number of ether oxygens (including phenoxy) is 4. The fourth-order valence-corrected chi connectivity index (χ4v) is 4.78. The molecule has 0 aromatic carbocycles. The van der Waals surface area contributed by atoms with E-state index in [0.717, 1.165) is 0 Å². The monoisotopic (exact) mass is 464 g/mol. The predicted octanol–water partition coefficient (Wildman–Crippen LogP) is -2.07. The molecule has 3 unspecified atom stereocenters. The normalized spacial score (nSPS) is 35.6. The fraction of sp³-hybridized carbons (Fsp3) is 0.632. The van der Waals surface area contributed by atoms with Gasteiger partial charge in [0.05, 0.1) is 20.0 Å². The highest BCUT2D eigenvalue weighted by Gasteiger charge is 2.70. The van der Waals surface area contributed by atoms with Gasteiger partial charge in [0.15, 0.2) is 17.7 Å². The van der Waals surface area contributed by atoms with E-state index in [-0.39, 0.29) is 25.4 Å². The maximum absolute atomic E-state index is 13.2. The second-order valence-corrected chi connectivity index (χ2v) is 8.07. The van der Waals surface area contributed by atoms with E-state index in [1.54, 1.807) is 6.92 Å². The first-order valence-electron chi connectivity index (χ1n) is 10.5. The van der Waals surface area contributed by atoms with Crippen LogP contribution in [0.4, 0.5) is 5.82 Å². The topological polar surface area (TPSA) is 184 Å². The number of nitrogen functional groups attached to an aromatic ring is 1. The summed E-state index contributed by atoms with van der Waals surface area (Å²) < 4.78 is 23.5. The molecule has 0 radical (unpaired) electrons. The Bertz CT molecular complexity index is 1100. The van der Waals surface area contributed by atoms with Gasteiger partial charge < -0.3 is 39.8 Å². The van der Waals surface area contributed by atoms with Crippen LogP contribution in [-0.4, -0.2) is 103 Å². The van der Waals surface area contributed by atoms with E-state index in [9.17, 15) is 19.8 Å². The Labute approximate surface area is 187 Å². The average molecular weight is 464 g/mol. The van der Waals surface area contributed by atoms with Crippen LogP contribution in [0, 0.1) is 0 Å². The van der Waals surface area contributed by atoms with Crippen molar-refractivity contribution in [3.8, 4) is 0 Å². The molecule has 0 aliphatic carbocycles. The van der Waals surface area contributed by atoms with Crippen molar-refractivity contribution in [1.29, 1.82) is 0 Å². The van der Waals surface area contributed by atoms with Gasteiger partial charge in [-0.05, 0) is 6.92 Å². The van der Waals surface area contributed by atoms with E-state index in [1.807, 2.05) is 0 Å². The third kappa shape index (κ3) is 3.02. The molecule has 3 aliphatic rings. The van der Waals surface area contributed by atoms with Crippen LogP contribution in [0.15, 0.2) is 12.7 Å². The first-order chi connectivity index (χ1) is 15.8. The van der Waals surface area contributed by atoms with Crippen LogP contribution < -0.4 is 5.73 Å². The van der Waals surface area contributed by atoms with Gasteiger partial charge in [0.25, 0.3) is 11.5 Å². The second kappa shape index (κ2) is 7.85. The molecule has 2 aromatic rings. The van der Waals surface area contributed by atoms with Gasteiger partial charge in [-0.2, -0.15) is 0 Å². The molecule has 3 aliphatic heterocycles. The molecule has 2 bridgehead atoms. The molecule has 0 saturated carbocycles. The zero-order valence-corrected chi connectivity index (χ0v) is 17.9. The number of carbonyl (C=O) groups excluding carboxylic acids is 2. The maximum atomic E-state index is 13.2. The van der Waals surface area contributed by atoms with Crippen molar-refractivity contribution < 1.29 is 38.7 Å². The molecule has 2 aromatic heterocycles. The number of hydrogen-bond acceptors (Lipinski definition) is 12. The van der Waals surface area contributed by atoms with Crippen molar-refractivity contribution >= 4 is 28.9 Å². The van der Waals surface area contributed by atoms with E-state index in [1.165, 1.54) is 29.2 Å². The number of aromatic nitrogens is 4. The summed E-state index contributed by atoms with van der Waals surface area (Å²) in [6.45, 7) is 1.92. The van der Waals surface area contributed by atoms with Gasteiger partial charge in [-0.3, -0.25) is 9.36 Å². The molecule has 0 spiro atoms. The second-order valence-electron chi connectivity index (χ2n) is 8.07. The molecule has 14 nitrogen and oxygen atoms in total. The summed E-state index contributed by atoms with van der Waals surface area (Å²) in [5, 5.41) is 21.3. The Kier molecular flexibility index (Phi) is 5.21. The Morgan fingerprint density at radius 2 is 2.12 bits per heavy atom. The molecule has 1 amide bonds. The van der Waals surface area contributed by atoms with Crippen molar-refractivity contribution in [3.05, 3.63) is 12.7 Å². The lowest BCUT2D eigenvalue weighted by molar-refractivity contribution is -0.176. The highest BCUT2D eigenvalue weighted by atomic mass is 16.6. The lowest BCUT2D eigenvalue weighted by atomic mass is 9.91. The quantitative estimate of drug-likeness (QED) is 0.314. The summed E-state index contributed by atoms with van der Waals surface area (Å²) in [5.41, 5.74) is 4.56. The lowest BCUT2D eigenvalue weighted by Gasteiger charge is -2.33. The Hall–Kier alpha value is -2.91. The summed E-state index contributed by atoms with van der Waals surface area (Å²) in [5.74, 6) is -1.31. The largest absolute Gasteiger partial charge is 0.466 e. The molecular weight excluding hydrogens is 440 g/mol. The Balaban J connectivity index is 1.38. The van der Waals surface area contributed by atoms with Crippen LogP contribution in [0.5, 0.6) is 0 Å². The number of piperidine rings is 1. The molecule has 4 N–H and O–H groups in total. The smallest absolute Gasteiger partial charge is 0.351 e. The zero-order chi connectivity index (χ0) is 23.5. The van der Waals surface area contributed by atoms with Gasteiger partial charge in [-0.1, -0.05) is 0 Å². The van der Waals surface area contributed by atoms with Crippen LogP contribution in [-0.2, 0) is 28.5 Å². The molecule has 5 rings (SSSR count). The van der Waals surface area contributed by atoms with Gasteiger partial charge in [0.1, 0.15) is 42.5 Å². The van der Waals surface area contributed by atoms with Crippen LogP contribution in [0.2, 0.25) is 0 Å². The van der Waals surface area contributed by atoms with Gasteiger partial charge in [0, 0.05) is 13.0 Å². The molecule has 33 heavy (non-hydrogen) atoms. The number of rotatable bonds is 6. The minimum absolute atomic E-state index is 0.125. The van der Waals surface area contributed by atoms with E-state index in [0.29, 0.717) is 11.2 Å². The summed E-state index contributed by atoms with van der Waals surface area (Å²) in [6.07, 6.45) is -3.35. The third-order valence-corrected chi connectivity index (χ3v) is 6.35. The summed E-state index contributed by atoms with van der Waals surface area (Å²) >= 11 is 0. The summed E-state index contributed by atoms with van der Waals surface area (Å²) in [7, 11) is 1.17. The number of esters is 1. The predicted molar refractivity (Wildman–Crippen MR) is 107 cm³/mol. The number of fused-ring (bicyclic) bond motifs is 3. The van der Waals surface area contributed by atoms with Gasteiger partial charge >= 0.3 is 5.97 Å². The number of methoxy groups -OCH3 is 1. The Morgan fingerprint density at radius 3 is 2.85 bits per heavy atom. The number of hydrogen-bond donors (Lipinski definition) is 3. The fourth-order valence-electron chi connectivity index (χ4n) is 4.78. The molecule has 7 atom stereocenters. The van der Waals surface area contributed by atoms with Gasteiger partial charge in [-0.15, -0.1) is 0 Å². The van der Waals surface area contributed by atoms with E-state index in [2.05, 4.69) is 15.0 Å². The standard InChI is InChI=1S/C19H24N6O8/c1-3-31-9-4-10-24(17(28)19(9,33-10)18(29)30-2)5-8-12(26)13(27)16(32-8)25-7-23-11-14(20)21-6-22-15(11)25/h6-10,12-13,16,26-27H,3-5H2,1-2H3,(H2,20,21,22)/t8-,9?,10?,12-,13-,16-,19?/m1/s1. The molecule has 3 fully saturated rings. The molecule has 14 heteroatoms. The SMILES string of the molecule is CCOC1CC2OC1(C(=O)OC)C(=O)N2C[C@H]1O[C@@H](n2cnc3c(N)ncnc32)[C@H](O)[C@@H]1O. The number of aliphatic hydroxyl groups excluding tert-OH is 2. The van der Waals surface area contributed by atoms with Crippen LogP contribution >= 0.6 is 0 Å². The number of likely N-dealkylation sites (tertiary alicyclic amines) is 1. The Morgan fingerprint density at radius 1 is 1.33 bits per heavy atom. The molecule has 5 heterocycles. The van der Waals surface area contributed by atoms with Crippen molar-refractivity contribution in [3.63, 3.8) is 0 Å². The van der Waals surface area contributed by atoms with Crippen molar-refractivity contribution in [2.45, 2.75) is 55.8 Å². The van der Waals surface area contributed by atoms with E-state index < -0.39 is 54.3 Å². The van der Waals surface area contributed by atoms with Crippen LogP contribution in [0.1, 0.15) is 19.6 Å². The summed E-state index contributed by atoms with van der Waals surface area (Å²) in [4.78, 5) is 39.2. The van der Waals surface area contributed by atoms with E-state index in [4.69, 9.17) is 24.7 Å². The van der Waals surface area contributed by atoms with Crippen molar-refractivity contribution in [2.24, 2.45) is 0 Å². The molecular formula is C19H24N6O8. The average Bonchev–Trinajstić information content (AvgIpc) is 3.53. The van der Waals surface area contributed by atoms with Crippen LogP contribution in [0.25, 0.3) is 11.2 Å². The number of amides is 1. The summed E-state index contributed by atoms with van der Waals surface area (Å²) in [6, 6.07) is 0. The number of carbonyl (C=O) groups is 2. The number of nitrogens with zero attached hydrogens (tertiary/aromatic N) is 5. The zero-order valence-electron chi connectivity index (χ0n) is 17.9. The highest BCUT2D eigenvalue weighted by Crippen LogP contribution is 2.45. The first kappa shape index (κ1) is 21.9. The minimum Gasteiger partial charge on any atom is -0.466 e. The number of anilines is 1. The number of aliphatic hydroxyl groups is 2. The van der Waals surface area contributed by atoms with E-state index >= 15 is 0 Å². The van der Waals surface area contributed by atoms with Gasteiger partial charge in [0.2, 0.25) is 0 Å². The van der Waals surface area contributed by atoms with Crippen molar-refractivity contribution in [2.75, 3.05) is 26.0 Å². The number of imidazole rings is 1. The third-order valence-electron chi connectivity index (χ3n) is 6.35. The minimum atomic E-state index is -1.90. The highest BCUT2D eigenvalue weighted by molar-refractivity contribution is 6.09. The lowest BCUT2D eigenvalue weighted by Crippen LogP contribution is -2.60. The molecule has 3 saturated heterocycles. The first-order valence-corrected chi connectivity index (χ1v) is 10.5. The number of nitrogens with two attached hydrogens (primary N) is 1. The van der Waals surface area contributed by atoms with Gasteiger partial charge in [-0.25, -0.2) is 19.7 Å². The maximum Gasteiger partial charge on any atom is 0.351 e. The van der Waals surface area contributed by atoms with Crippen molar-refractivity contribution in [1.82, 2.24) is 24.4 Å².